The second kappa shape index (κ2) is 14.8. The molecule has 3 heterocycles. The van der Waals surface area contributed by atoms with Crippen molar-refractivity contribution >= 4 is 47.3 Å². The average Bonchev–Trinajstić information content (AvgIpc) is 3.45. The van der Waals surface area contributed by atoms with Gasteiger partial charge in [0.1, 0.15) is 34.4 Å². The molecule has 2 aliphatic rings. The van der Waals surface area contributed by atoms with Crippen molar-refractivity contribution in [3.05, 3.63) is 40.2 Å². The molecule has 2 aliphatic heterocycles. The van der Waals surface area contributed by atoms with Crippen molar-refractivity contribution in [1.82, 2.24) is 15.1 Å². The minimum absolute atomic E-state index is 0.164. The molecule has 8 nitrogen and oxygen atoms in total. The van der Waals surface area contributed by atoms with Gasteiger partial charge in [-0.05, 0) is 69.6 Å². The predicted molar refractivity (Wildman–Crippen MR) is 168 cm³/mol. The SMILES string of the molecule is C=N/C=C(Cl)\C(=N/CNc1cc(C)c(C2CCNCC2)c2c1O[C@H](C)C2)Nc1cn(C)nc1SC(C)C.CC. The Balaban J connectivity index is 0.00000205. The van der Waals surface area contributed by atoms with E-state index in [-0.39, 0.29) is 6.10 Å². The van der Waals surface area contributed by atoms with E-state index in [4.69, 9.17) is 21.3 Å². The van der Waals surface area contributed by atoms with Crippen molar-refractivity contribution in [2.24, 2.45) is 17.0 Å². The van der Waals surface area contributed by atoms with Gasteiger partial charge in [-0.2, -0.15) is 5.10 Å². The second-order valence-electron chi connectivity index (χ2n) is 9.93. The fourth-order valence-corrected chi connectivity index (χ4v) is 6.10. The summed E-state index contributed by atoms with van der Waals surface area (Å²) in [5.41, 5.74) is 5.95. The molecule has 0 unspecified atom stereocenters. The van der Waals surface area contributed by atoms with Crippen LogP contribution in [0.25, 0.3) is 0 Å². The highest BCUT2D eigenvalue weighted by Crippen LogP contribution is 2.44. The Hall–Kier alpha value is -2.49. The summed E-state index contributed by atoms with van der Waals surface area (Å²) in [4.78, 5) is 8.57. The number of nitrogens with one attached hydrogen (secondary N) is 3. The van der Waals surface area contributed by atoms with Gasteiger partial charge in [-0.25, -0.2) is 4.99 Å². The third-order valence-electron chi connectivity index (χ3n) is 6.52. The molecular formula is C29H44ClN7OS. The maximum absolute atomic E-state index is 6.53. The third-order valence-corrected chi connectivity index (χ3v) is 7.79. The van der Waals surface area contributed by atoms with Gasteiger partial charge in [0, 0.05) is 36.7 Å². The van der Waals surface area contributed by atoms with Gasteiger partial charge in [0.2, 0.25) is 0 Å². The number of aliphatic imine (C=N–C) groups is 2. The van der Waals surface area contributed by atoms with Crippen LogP contribution in [0.5, 0.6) is 5.75 Å². The summed E-state index contributed by atoms with van der Waals surface area (Å²) in [5.74, 6) is 2.04. The molecule has 3 N–H and O–H groups in total. The second-order valence-corrected chi connectivity index (χ2v) is 11.9. The van der Waals surface area contributed by atoms with Crippen molar-refractivity contribution in [3.63, 3.8) is 0 Å². The predicted octanol–water partition coefficient (Wildman–Crippen LogP) is 6.71. The van der Waals surface area contributed by atoms with Gasteiger partial charge in [0.05, 0.1) is 11.4 Å². The van der Waals surface area contributed by atoms with Crippen molar-refractivity contribution < 1.29 is 4.74 Å². The van der Waals surface area contributed by atoms with Gasteiger partial charge < -0.3 is 20.7 Å². The summed E-state index contributed by atoms with van der Waals surface area (Å²) in [6.45, 7) is 18.6. The molecule has 0 spiro atoms. The van der Waals surface area contributed by atoms with E-state index in [0.717, 1.165) is 41.7 Å². The van der Waals surface area contributed by atoms with Crippen LogP contribution >= 0.6 is 23.4 Å². The molecule has 10 heteroatoms. The summed E-state index contributed by atoms with van der Waals surface area (Å²) in [7, 11) is 1.90. The zero-order valence-corrected chi connectivity index (χ0v) is 26.0. The van der Waals surface area contributed by atoms with Crippen LogP contribution < -0.4 is 20.7 Å². The molecule has 1 fully saturated rings. The average molecular weight is 574 g/mol. The largest absolute Gasteiger partial charge is 0.488 e. The number of amidine groups is 1. The Morgan fingerprint density at radius 1 is 1.33 bits per heavy atom. The number of hydrogen-bond donors (Lipinski definition) is 3. The third kappa shape index (κ3) is 8.02. The maximum atomic E-state index is 6.53. The Kier molecular flexibility index (Phi) is 11.8. The molecule has 0 aliphatic carbocycles. The lowest BCUT2D eigenvalue weighted by atomic mass is 9.83. The van der Waals surface area contributed by atoms with Crippen LogP contribution in [0.4, 0.5) is 11.4 Å². The van der Waals surface area contributed by atoms with Gasteiger partial charge in [-0.15, -0.1) is 0 Å². The van der Waals surface area contributed by atoms with E-state index in [2.05, 4.69) is 66.5 Å². The molecule has 1 aromatic carbocycles. The number of anilines is 2. The number of piperidine rings is 1. The standard InChI is InChI=1S/C27H38ClN7OS.C2H6/c1-16(2)37-27-23(14-35(6)34-27)33-26(21(28)13-29-5)32-15-31-22-11-17(3)24(19-7-9-30-10-8-19)20-12-18(4)36-25(20)22;1-2/h11,13-14,16,18-19,30-31H,5,7-10,12,15H2,1-4,6H3,(H,32,33);1-2H3/b21-13+;/t18-;/m1./s1. The van der Waals surface area contributed by atoms with Gasteiger partial charge in [-0.1, -0.05) is 51.1 Å². The maximum Gasteiger partial charge on any atom is 0.147 e. The van der Waals surface area contributed by atoms with Crippen molar-refractivity contribution in [2.45, 2.75) is 83.1 Å². The number of ether oxygens (including phenoxy) is 1. The number of aromatic nitrogens is 2. The molecule has 2 aromatic rings. The summed E-state index contributed by atoms with van der Waals surface area (Å²) in [6, 6.07) is 2.21. The summed E-state index contributed by atoms with van der Waals surface area (Å²) >= 11 is 8.21. The van der Waals surface area contributed by atoms with Gasteiger partial charge in [0.25, 0.3) is 0 Å². The van der Waals surface area contributed by atoms with Crippen LogP contribution in [0.1, 0.15) is 70.1 Å². The van der Waals surface area contributed by atoms with E-state index in [0.29, 0.717) is 28.7 Å². The lowest BCUT2D eigenvalue weighted by molar-refractivity contribution is 0.255. The molecule has 0 amide bonds. The highest BCUT2D eigenvalue weighted by atomic mass is 35.5. The number of hydrogen-bond acceptors (Lipinski definition) is 7. The van der Waals surface area contributed by atoms with Crippen LogP contribution in [0, 0.1) is 6.92 Å². The van der Waals surface area contributed by atoms with E-state index in [1.165, 1.54) is 35.7 Å². The summed E-state index contributed by atoms with van der Waals surface area (Å²) in [5, 5.41) is 16.5. The lowest BCUT2D eigenvalue weighted by Crippen LogP contribution is -2.27. The first-order valence-corrected chi connectivity index (χ1v) is 15.1. The monoisotopic (exact) mass is 573 g/mol. The molecule has 0 bridgehead atoms. The number of thioether (sulfide) groups is 1. The highest BCUT2D eigenvalue weighted by Gasteiger charge is 2.30. The smallest absolute Gasteiger partial charge is 0.147 e. The Morgan fingerprint density at radius 2 is 2.05 bits per heavy atom. The van der Waals surface area contributed by atoms with Crippen molar-refractivity contribution in [3.8, 4) is 5.75 Å². The number of fused-ring (bicyclic) bond motifs is 1. The Bertz CT molecular complexity index is 1180. The lowest BCUT2D eigenvalue weighted by Gasteiger charge is -2.27. The number of benzene rings is 1. The molecule has 1 saturated heterocycles. The van der Waals surface area contributed by atoms with Crippen LogP contribution in [0.3, 0.4) is 0 Å². The topological polar surface area (TPSA) is 87.9 Å². The number of nitrogens with zero attached hydrogens (tertiary/aromatic N) is 4. The minimum Gasteiger partial charge on any atom is -0.488 e. The quantitative estimate of drug-likeness (QED) is 0.176. The zero-order chi connectivity index (χ0) is 28.5. The zero-order valence-electron chi connectivity index (χ0n) is 24.4. The minimum atomic E-state index is 0.164. The molecule has 1 atom stereocenters. The molecule has 214 valence electrons. The van der Waals surface area contributed by atoms with Gasteiger partial charge >= 0.3 is 0 Å². The first-order chi connectivity index (χ1) is 18.8. The van der Waals surface area contributed by atoms with Gasteiger partial charge in [0.15, 0.2) is 0 Å². The van der Waals surface area contributed by atoms with E-state index < -0.39 is 0 Å². The van der Waals surface area contributed by atoms with Gasteiger partial charge in [-0.3, -0.25) is 9.67 Å². The van der Waals surface area contributed by atoms with Crippen molar-refractivity contribution in [1.29, 1.82) is 0 Å². The van der Waals surface area contributed by atoms with Crippen LogP contribution in [-0.2, 0) is 13.5 Å². The fraction of sp³-hybridized carbons (Fsp3) is 0.552. The molecule has 0 saturated carbocycles. The van der Waals surface area contributed by atoms with Crippen LogP contribution in [-0.4, -0.2) is 53.4 Å². The van der Waals surface area contributed by atoms with E-state index >= 15 is 0 Å². The highest BCUT2D eigenvalue weighted by molar-refractivity contribution is 8.00. The Morgan fingerprint density at radius 3 is 2.72 bits per heavy atom. The number of halogens is 1. The summed E-state index contributed by atoms with van der Waals surface area (Å²) in [6.07, 6.45) is 6.85. The molecule has 4 rings (SSSR count). The van der Waals surface area contributed by atoms with E-state index in [1.54, 1.807) is 16.4 Å². The first-order valence-electron chi connectivity index (χ1n) is 13.9. The van der Waals surface area contributed by atoms with Crippen LogP contribution in [0.15, 0.2) is 38.5 Å². The first kappa shape index (κ1) is 31.0. The number of aryl methyl sites for hydroxylation is 2. The molecule has 39 heavy (non-hydrogen) atoms. The van der Waals surface area contributed by atoms with E-state index in [1.807, 2.05) is 27.1 Å². The number of rotatable bonds is 9. The van der Waals surface area contributed by atoms with E-state index in [9.17, 15) is 0 Å². The van der Waals surface area contributed by atoms with Crippen molar-refractivity contribution in [2.75, 3.05) is 30.4 Å². The normalized spacial score (nSPS) is 17.8. The summed E-state index contributed by atoms with van der Waals surface area (Å²) < 4.78 is 8.08. The molecule has 1 aromatic heterocycles. The van der Waals surface area contributed by atoms with Crippen LogP contribution in [0.2, 0.25) is 0 Å². The fourth-order valence-electron chi connectivity index (χ4n) is 5.07. The molecule has 0 radical (unpaired) electrons. The molecular weight excluding hydrogens is 530 g/mol. The Labute approximate surface area is 243 Å².